The molecule has 0 aromatic carbocycles. The minimum absolute atomic E-state index is 0.104. The van der Waals surface area contributed by atoms with Gasteiger partial charge in [-0.15, -0.1) is 0 Å². The average Bonchev–Trinajstić information content (AvgIpc) is 3.26. The molecule has 3 rings (SSSR count). The van der Waals surface area contributed by atoms with Gasteiger partial charge in [-0.2, -0.15) is 5.10 Å². The van der Waals surface area contributed by atoms with Gasteiger partial charge >= 0.3 is 6.16 Å². The van der Waals surface area contributed by atoms with Crippen molar-refractivity contribution in [3.05, 3.63) is 24.2 Å². The lowest BCUT2D eigenvalue weighted by molar-refractivity contribution is -0.135. The number of carboxylic acid groups (broad SMARTS) is 2. The third kappa shape index (κ3) is 8.31. The molecule has 0 amide bonds. The van der Waals surface area contributed by atoms with Crippen LogP contribution in [-0.4, -0.2) is 62.2 Å². The Labute approximate surface area is 172 Å². The van der Waals surface area contributed by atoms with Gasteiger partial charge in [-0.1, -0.05) is 0 Å². The number of ether oxygens (including phenoxy) is 3. The Morgan fingerprint density at radius 1 is 1.20 bits per heavy atom. The highest BCUT2D eigenvalue weighted by Gasteiger charge is 2.30. The maximum atomic E-state index is 11.2. The summed E-state index contributed by atoms with van der Waals surface area (Å²) in [4.78, 5) is 33.1. The molecule has 0 spiro atoms. The Hall–Kier alpha value is -3.41. The van der Waals surface area contributed by atoms with E-state index in [1.54, 1.807) is 11.4 Å². The summed E-state index contributed by atoms with van der Waals surface area (Å²) >= 11 is 0. The molecule has 0 aliphatic carbocycles. The summed E-state index contributed by atoms with van der Waals surface area (Å²) in [5.74, 6) is -1.23. The van der Waals surface area contributed by atoms with Gasteiger partial charge in [-0.3, -0.25) is 9.59 Å². The standard InChI is InChI=1S/C14H18N4O4.2C2H4O2/c1-2-20-14(19)21-7-9-3-6-12(22-9)10-4-5-11-13(15)16-8-17-18(10)11;2*1-2(3)4/h4-5,8-9,12H,2-3,6-7H2,1H3,(H2,15,16,17);2*1H3,(H,3,4). The minimum atomic E-state index is -0.833. The van der Waals surface area contributed by atoms with Crippen LogP contribution in [0.4, 0.5) is 10.6 Å². The highest BCUT2D eigenvalue weighted by atomic mass is 16.7. The van der Waals surface area contributed by atoms with Gasteiger partial charge in [-0.05, 0) is 31.9 Å². The summed E-state index contributed by atoms with van der Waals surface area (Å²) in [6.07, 6.45) is 2.14. The number of carbonyl (C=O) groups excluding carboxylic acids is 1. The predicted octanol–water partition coefficient (Wildman–Crippen LogP) is 1.89. The van der Waals surface area contributed by atoms with E-state index in [1.165, 1.54) is 6.33 Å². The van der Waals surface area contributed by atoms with Crippen LogP contribution in [0, 0.1) is 0 Å². The van der Waals surface area contributed by atoms with Gasteiger partial charge in [0.1, 0.15) is 24.6 Å². The number of nitrogens with zero attached hydrogens (tertiary/aromatic N) is 3. The SMILES string of the molecule is CC(=O)O.CC(=O)O.CCOC(=O)OCC1CCC(c2ccc3c(N)ncnn23)O1. The molecule has 1 aliphatic heterocycles. The quantitative estimate of drug-likeness (QED) is 0.608. The number of carbonyl (C=O) groups is 3. The zero-order valence-electron chi connectivity index (χ0n) is 17.0. The monoisotopic (exact) mass is 426 g/mol. The van der Waals surface area contributed by atoms with E-state index in [4.69, 9.17) is 39.7 Å². The van der Waals surface area contributed by atoms with Crippen LogP contribution in [0.15, 0.2) is 18.5 Å². The summed E-state index contributed by atoms with van der Waals surface area (Å²) in [6.45, 7) is 4.38. The number of rotatable bonds is 4. The molecule has 2 atom stereocenters. The first-order valence-corrected chi connectivity index (χ1v) is 9.07. The second-order valence-corrected chi connectivity index (χ2v) is 6.06. The fourth-order valence-corrected chi connectivity index (χ4v) is 2.58. The van der Waals surface area contributed by atoms with Crippen molar-refractivity contribution in [3.63, 3.8) is 0 Å². The van der Waals surface area contributed by atoms with E-state index >= 15 is 0 Å². The molecule has 0 radical (unpaired) electrons. The van der Waals surface area contributed by atoms with E-state index in [0.717, 1.165) is 37.9 Å². The lowest BCUT2D eigenvalue weighted by atomic mass is 10.1. The van der Waals surface area contributed by atoms with Gasteiger partial charge in [0.2, 0.25) is 0 Å². The summed E-state index contributed by atoms with van der Waals surface area (Å²) in [5.41, 5.74) is 7.50. The molecule has 2 unspecified atom stereocenters. The van der Waals surface area contributed by atoms with E-state index < -0.39 is 18.1 Å². The second kappa shape index (κ2) is 12.2. The van der Waals surface area contributed by atoms with Crippen LogP contribution in [0.3, 0.4) is 0 Å². The highest BCUT2D eigenvalue weighted by molar-refractivity contribution is 5.65. The van der Waals surface area contributed by atoms with Crippen LogP contribution in [0.2, 0.25) is 0 Å². The first kappa shape index (κ1) is 24.6. The second-order valence-electron chi connectivity index (χ2n) is 6.06. The topological polar surface area (TPSA) is 176 Å². The first-order chi connectivity index (χ1) is 14.1. The molecular formula is C18H26N4O8. The van der Waals surface area contributed by atoms with E-state index in [0.29, 0.717) is 12.4 Å². The van der Waals surface area contributed by atoms with Crippen molar-refractivity contribution in [1.82, 2.24) is 14.6 Å². The first-order valence-electron chi connectivity index (χ1n) is 9.07. The molecule has 1 fully saturated rings. The van der Waals surface area contributed by atoms with Crippen molar-refractivity contribution in [3.8, 4) is 0 Å². The van der Waals surface area contributed by atoms with Crippen LogP contribution >= 0.6 is 0 Å². The van der Waals surface area contributed by atoms with Gasteiger partial charge < -0.3 is 30.2 Å². The molecule has 0 saturated carbocycles. The van der Waals surface area contributed by atoms with Crippen molar-refractivity contribution in [1.29, 1.82) is 0 Å². The molecule has 4 N–H and O–H groups in total. The number of nitrogens with two attached hydrogens (primary N) is 1. The number of carboxylic acids is 2. The zero-order valence-corrected chi connectivity index (χ0v) is 17.0. The molecule has 0 bridgehead atoms. The Kier molecular flexibility index (Phi) is 10.0. The highest BCUT2D eigenvalue weighted by Crippen LogP contribution is 2.33. The van der Waals surface area contributed by atoms with Crippen molar-refractivity contribution >= 4 is 29.4 Å². The van der Waals surface area contributed by atoms with E-state index in [9.17, 15) is 4.79 Å². The Morgan fingerprint density at radius 3 is 2.43 bits per heavy atom. The fourth-order valence-electron chi connectivity index (χ4n) is 2.58. The van der Waals surface area contributed by atoms with E-state index in [1.807, 2.05) is 12.1 Å². The third-order valence-corrected chi connectivity index (χ3v) is 3.60. The maximum absolute atomic E-state index is 11.2. The Morgan fingerprint density at radius 2 is 1.83 bits per heavy atom. The lowest BCUT2D eigenvalue weighted by Gasteiger charge is -2.13. The fraction of sp³-hybridized carbons (Fsp3) is 0.500. The molecule has 12 nitrogen and oxygen atoms in total. The molecule has 2 aromatic heterocycles. The van der Waals surface area contributed by atoms with Gasteiger partial charge in [0.05, 0.1) is 18.4 Å². The zero-order chi connectivity index (χ0) is 22.7. The van der Waals surface area contributed by atoms with Crippen LogP contribution < -0.4 is 5.73 Å². The normalized spacial score (nSPS) is 17.2. The number of anilines is 1. The minimum Gasteiger partial charge on any atom is -0.481 e. The largest absolute Gasteiger partial charge is 0.508 e. The lowest BCUT2D eigenvalue weighted by Crippen LogP contribution is -2.19. The van der Waals surface area contributed by atoms with Gasteiger partial charge in [0, 0.05) is 13.8 Å². The molecule has 3 heterocycles. The molecule has 166 valence electrons. The van der Waals surface area contributed by atoms with Gasteiger partial charge in [0.25, 0.3) is 11.9 Å². The molecule has 1 aliphatic rings. The number of hydrogen-bond acceptors (Lipinski definition) is 9. The predicted molar refractivity (Wildman–Crippen MR) is 104 cm³/mol. The summed E-state index contributed by atoms with van der Waals surface area (Å²) in [7, 11) is 0. The summed E-state index contributed by atoms with van der Waals surface area (Å²) in [5, 5.41) is 19.0. The van der Waals surface area contributed by atoms with Gasteiger partial charge in [-0.25, -0.2) is 14.3 Å². The van der Waals surface area contributed by atoms with Crippen LogP contribution in [-0.2, 0) is 23.8 Å². The van der Waals surface area contributed by atoms with Crippen molar-refractivity contribution in [2.75, 3.05) is 18.9 Å². The number of nitrogen functional groups attached to an aromatic ring is 1. The molecule has 30 heavy (non-hydrogen) atoms. The van der Waals surface area contributed by atoms with Gasteiger partial charge in [0.15, 0.2) is 5.82 Å². The molecule has 1 saturated heterocycles. The van der Waals surface area contributed by atoms with E-state index in [-0.39, 0.29) is 18.8 Å². The van der Waals surface area contributed by atoms with Crippen molar-refractivity contribution in [2.24, 2.45) is 0 Å². The van der Waals surface area contributed by atoms with E-state index in [2.05, 4.69) is 10.1 Å². The number of hydrogen-bond donors (Lipinski definition) is 3. The summed E-state index contributed by atoms with van der Waals surface area (Å²) in [6, 6.07) is 3.80. The van der Waals surface area contributed by atoms with Crippen LogP contribution in [0.5, 0.6) is 0 Å². The number of aromatic nitrogens is 3. The van der Waals surface area contributed by atoms with Crippen molar-refractivity contribution in [2.45, 2.75) is 45.8 Å². The molecular weight excluding hydrogens is 400 g/mol. The Bertz CT molecular complexity index is 834. The number of fused-ring (bicyclic) bond motifs is 1. The molecule has 2 aromatic rings. The maximum Gasteiger partial charge on any atom is 0.508 e. The van der Waals surface area contributed by atoms with Crippen molar-refractivity contribution < 1.29 is 38.8 Å². The van der Waals surface area contributed by atoms with Crippen LogP contribution in [0.25, 0.3) is 5.52 Å². The summed E-state index contributed by atoms with van der Waals surface area (Å²) < 4.78 is 17.4. The number of aliphatic carboxylic acids is 2. The molecule has 12 heteroatoms. The third-order valence-electron chi connectivity index (χ3n) is 3.60. The average molecular weight is 426 g/mol. The smallest absolute Gasteiger partial charge is 0.481 e. The Balaban J connectivity index is 0.000000485. The van der Waals surface area contributed by atoms with Crippen LogP contribution in [0.1, 0.15) is 45.4 Å².